The summed E-state index contributed by atoms with van der Waals surface area (Å²) in [6, 6.07) is 3.25. The Kier molecular flexibility index (Phi) is 5.56. The highest BCUT2D eigenvalue weighted by molar-refractivity contribution is 6.45. The van der Waals surface area contributed by atoms with E-state index in [9.17, 15) is 4.79 Å². The fraction of sp³-hybridized carbons (Fsp3) is 0.429. The number of carbonyl (C=O) groups is 1. The molecule has 0 saturated heterocycles. The normalized spacial score (nSPS) is 9.62. The molecule has 0 aromatic carbocycles. The fourth-order valence-electron chi connectivity index (χ4n) is 0.445. The summed E-state index contributed by atoms with van der Waals surface area (Å²) in [6.07, 6.45) is 0. The molecule has 0 aromatic rings. The number of carbonyl (C=O) groups excluding carboxylic acids is 1. The third-order valence-corrected chi connectivity index (χ3v) is 0.934. The van der Waals surface area contributed by atoms with Gasteiger partial charge in [0.25, 0.3) is 5.91 Å². The summed E-state index contributed by atoms with van der Waals surface area (Å²) in [7, 11) is 0. The van der Waals surface area contributed by atoms with Gasteiger partial charge in [0.15, 0.2) is 0 Å². The van der Waals surface area contributed by atoms with Crippen molar-refractivity contribution in [2.75, 3.05) is 13.2 Å². The molecule has 0 aliphatic heterocycles. The van der Waals surface area contributed by atoms with Crippen LogP contribution in [-0.2, 0) is 9.63 Å². The molecule has 68 valence electrons. The molecule has 13 heavy (non-hydrogen) atoms. The highest BCUT2D eigenvalue weighted by atomic mass is 16.6. The first-order valence-electron chi connectivity index (χ1n) is 3.51. The standard InChI is InChI=1S/C7H8N4O2/c1-2-13-11-6(5-9)7(12)10-4-3-8/h2,4H2,1H3,(H,10,12). The van der Waals surface area contributed by atoms with Crippen LogP contribution >= 0.6 is 0 Å². The van der Waals surface area contributed by atoms with Gasteiger partial charge in [0.05, 0.1) is 6.07 Å². The minimum atomic E-state index is -0.711. The molecule has 0 aliphatic carbocycles. The summed E-state index contributed by atoms with van der Waals surface area (Å²) in [5, 5.41) is 22.0. The van der Waals surface area contributed by atoms with Gasteiger partial charge < -0.3 is 10.2 Å². The predicted octanol–water partition coefficient (Wildman–Crippen LogP) is -0.458. The molecule has 1 N–H and O–H groups in total. The molecule has 0 saturated carbocycles. The third kappa shape index (κ3) is 4.38. The summed E-state index contributed by atoms with van der Waals surface area (Å²) >= 11 is 0. The minimum Gasteiger partial charge on any atom is -0.395 e. The van der Waals surface area contributed by atoms with E-state index in [1.165, 1.54) is 0 Å². The average Bonchev–Trinajstić information content (AvgIpc) is 2.16. The number of hydrogen-bond donors (Lipinski definition) is 1. The van der Waals surface area contributed by atoms with Crippen LogP contribution in [0.2, 0.25) is 0 Å². The van der Waals surface area contributed by atoms with Crippen molar-refractivity contribution in [3.8, 4) is 12.1 Å². The van der Waals surface area contributed by atoms with Gasteiger partial charge in [0.2, 0.25) is 5.71 Å². The van der Waals surface area contributed by atoms with Gasteiger partial charge in [0, 0.05) is 0 Å². The Bertz CT molecular complexity index is 284. The smallest absolute Gasteiger partial charge is 0.285 e. The summed E-state index contributed by atoms with van der Waals surface area (Å²) in [4.78, 5) is 15.5. The van der Waals surface area contributed by atoms with Gasteiger partial charge in [-0.2, -0.15) is 10.5 Å². The molecule has 6 nitrogen and oxygen atoms in total. The summed E-state index contributed by atoms with van der Waals surface area (Å²) in [5.41, 5.74) is -0.392. The number of hydrogen-bond acceptors (Lipinski definition) is 5. The quantitative estimate of drug-likeness (QED) is 0.359. The Morgan fingerprint density at radius 1 is 1.62 bits per heavy atom. The molecule has 0 unspecified atom stereocenters. The molecule has 0 aromatic heterocycles. The first kappa shape index (κ1) is 10.9. The van der Waals surface area contributed by atoms with Crippen LogP contribution in [0.5, 0.6) is 0 Å². The van der Waals surface area contributed by atoms with Gasteiger partial charge in [-0.25, -0.2) is 0 Å². The number of nitriles is 2. The molecule has 0 fully saturated rings. The van der Waals surface area contributed by atoms with Crippen LogP contribution in [0, 0.1) is 22.7 Å². The SMILES string of the molecule is CCON=C(C#N)C(=O)NCC#N. The van der Waals surface area contributed by atoms with Crippen LogP contribution in [0.3, 0.4) is 0 Å². The zero-order chi connectivity index (χ0) is 10.1. The van der Waals surface area contributed by atoms with E-state index in [1.54, 1.807) is 19.1 Å². The lowest BCUT2D eigenvalue weighted by atomic mass is 10.4. The van der Waals surface area contributed by atoms with E-state index >= 15 is 0 Å². The molecule has 6 heteroatoms. The van der Waals surface area contributed by atoms with Crippen LogP contribution in [0.25, 0.3) is 0 Å². The maximum Gasteiger partial charge on any atom is 0.285 e. The van der Waals surface area contributed by atoms with Crippen LogP contribution in [0.1, 0.15) is 6.92 Å². The van der Waals surface area contributed by atoms with Crippen molar-refractivity contribution in [2.24, 2.45) is 5.16 Å². The molecule has 0 heterocycles. The molecule has 0 aliphatic rings. The monoisotopic (exact) mass is 180 g/mol. The lowest BCUT2D eigenvalue weighted by molar-refractivity contribution is -0.114. The Labute approximate surface area is 75.4 Å². The van der Waals surface area contributed by atoms with Crippen molar-refractivity contribution < 1.29 is 9.63 Å². The molecular formula is C7H8N4O2. The van der Waals surface area contributed by atoms with Gasteiger partial charge in [0.1, 0.15) is 19.2 Å². The van der Waals surface area contributed by atoms with E-state index in [2.05, 4.69) is 15.3 Å². The minimum absolute atomic E-state index is 0.161. The molecule has 0 atom stereocenters. The molecule has 0 bridgehead atoms. The predicted molar refractivity (Wildman–Crippen MR) is 43.3 cm³/mol. The number of nitrogens with one attached hydrogen (secondary N) is 1. The van der Waals surface area contributed by atoms with Gasteiger partial charge in [-0.1, -0.05) is 5.16 Å². The van der Waals surface area contributed by atoms with Gasteiger partial charge in [-0.3, -0.25) is 4.79 Å². The Morgan fingerprint density at radius 2 is 2.31 bits per heavy atom. The lowest BCUT2D eigenvalue weighted by Crippen LogP contribution is -2.30. The van der Waals surface area contributed by atoms with Crippen LogP contribution in [0.4, 0.5) is 0 Å². The molecule has 0 spiro atoms. The second-order valence-corrected chi connectivity index (χ2v) is 1.81. The Morgan fingerprint density at radius 3 is 2.77 bits per heavy atom. The average molecular weight is 180 g/mol. The van der Waals surface area contributed by atoms with Crippen LogP contribution in [0.15, 0.2) is 5.16 Å². The van der Waals surface area contributed by atoms with E-state index in [-0.39, 0.29) is 13.2 Å². The summed E-state index contributed by atoms with van der Waals surface area (Å²) in [6.45, 7) is 1.79. The number of rotatable bonds is 4. The summed E-state index contributed by atoms with van der Waals surface area (Å²) in [5.74, 6) is -0.711. The Hall–Kier alpha value is -2.08. The van der Waals surface area contributed by atoms with E-state index in [0.717, 1.165) is 0 Å². The zero-order valence-corrected chi connectivity index (χ0v) is 7.07. The largest absolute Gasteiger partial charge is 0.395 e. The van der Waals surface area contributed by atoms with Gasteiger partial charge in [-0.05, 0) is 6.92 Å². The van der Waals surface area contributed by atoms with Crippen molar-refractivity contribution in [2.45, 2.75) is 6.92 Å². The first-order chi connectivity index (χ1) is 6.26. The van der Waals surface area contributed by atoms with Gasteiger partial charge in [-0.15, -0.1) is 0 Å². The maximum atomic E-state index is 10.9. The van der Waals surface area contributed by atoms with Crippen LogP contribution < -0.4 is 5.32 Å². The molecule has 1 amide bonds. The van der Waals surface area contributed by atoms with Crippen molar-refractivity contribution in [1.29, 1.82) is 10.5 Å². The lowest BCUT2D eigenvalue weighted by Gasteiger charge is -1.96. The summed E-state index contributed by atoms with van der Waals surface area (Å²) < 4.78 is 0. The first-order valence-corrected chi connectivity index (χ1v) is 3.51. The van der Waals surface area contributed by atoms with Gasteiger partial charge >= 0.3 is 0 Å². The van der Waals surface area contributed by atoms with Crippen molar-refractivity contribution in [3.05, 3.63) is 0 Å². The Balaban J connectivity index is 4.19. The van der Waals surface area contributed by atoms with E-state index < -0.39 is 11.6 Å². The van der Waals surface area contributed by atoms with E-state index in [1.807, 2.05) is 0 Å². The van der Waals surface area contributed by atoms with Crippen molar-refractivity contribution >= 4 is 11.6 Å². The number of oxime groups is 1. The zero-order valence-electron chi connectivity index (χ0n) is 7.07. The second-order valence-electron chi connectivity index (χ2n) is 1.81. The fourth-order valence-corrected chi connectivity index (χ4v) is 0.445. The van der Waals surface area contributed by atoms with Crippen molar-refractivity contribution in [1.82, 2.24) is 5.32 Å². The van der Waals surface area contributed by atoms with E-state index in [4.69, 9.17) is 10.5 Å². The topological polar surface area (TPSA) is 98.3 Å². The molecule has 0 rings (SSSR count). The maximum absolute atomic E-state index is 10.9. The highest BCUT2D eigenvalue weighted by Gasteiger charge is 2.09. The number of amides is 1. The number of nitrogens with zero attached hydrogens (tertiary/aromatic N) is 3. The van der Waals surface area contributed by atoms with Crippen molar-refractivity contribution in [3.63, 3.8) is 0 Å². The molecule has 0 radical (unpaired) electrons. The van der Waals surface area contributed by atoms with E-state index in [0.29, 0.717) is 0 Å². The highest BCUT2D eigenvalue weighted by Crippen LogP contribution is 1.81. The second kappa shape index (κ2) is 6.62. The van der Waals surface area contributed by atoms with Crippen LogP contribution in [-0.4, -0.2) is 24.8 Å². The molecular weight excluding hydrogens is 172 g/mol. The third-order valence-electron chi connectivity index (χ3n) is 0.934.